The molecule has 0 bridgehead atoms. The Balaban J connectivity index is 1.77. The number of nitrogens with one attached hydrogen (secondary N) is 1. The highest BCUT2D eigenvalue weighted by Gasteiger charge is 2.43. The van der Waals surface area contributed by atoms with Crippen molar-refractivity contribution < 1.29 is 27.9 Å². The number of nitrogens with zero attached hydrogens (tertiary/aromatic N) is 4. The van der Waals surface area contributed by atoms with Crippen molar-refractivity contribution in [2.24, 2.45) is 0 Å². The fraction of sp³-hybridized carbons (Fsp3) is 0.357. The first kappa shape index (κ1) is 18.2. The van der Waals surface area contributed by atoms with E-state index in [9.17, 15) is 27.9 Å². The minimum Gasteiger partial charge on any atom is -0.479 e. The van der Waals surface area contributed by atoms with Gasteiger partial charge in [-0.15, -0.1) is 5.10 Å². The molecule has 1 fully saturated rings. The minimum atomic E-state index is -4.51. The Labute approximate surface area is 148 Å². The number of carbonyl (C=O) groups is 2. The second-order valence-electron chi connectivity index (χ2n) is 5.60. The number of thioether (sulfide) groups is 1. The van der Waals surface area contributed by atoms with Crippen LogP contribution in [0.5, 0.6) is 0 Å². The summed E-state index contributed by atoms with van der Waals surface area (Å²) in [5.74, 6) is -0.980. The lowest BCUT2D eigenvalue weighted by atomic mass is 9.99. The molecule has 0 aromatic carbocycles. The quantitative estimate of drug-likeness (QED) is 0.815. The maximum Gasteiger partial charge on any atom is 0.417 e. The lowest BCUT2D eigenvalue weighted by Gasteiger charge is -2.23. The first-order valence-electron chi connectivity index (χ1n) is 7.31. The van der Waals surface area contributed by atoms with E-state index in [1.807, 2.05) is 0 Å². The third-order valence-electron chi connectivity index (χ3n) is 3.82. The van der Waals surface area contributed by atoms with Gasteiger partial charge >= 0.3 is 12.1 Å². The van der Waals surface area contributed by atoms with Gasteiger partial charge in [0.2, 0.25) is 0 Å². The van der Waals surface area contributed by atoms with Crippen LogP contribution >= 0.6 is 11.8 Å². The summed E-state index contributed by atoms with van der Waals surface area (Å²) in [6.45, 7) is 0. The smallest absolute Gasteiger partial charge is 0.417 e. The van der Waals surface area contributed by atoms with Gasteiger partial charge in [0, 0.05) is 11.9 Å². The van der Waals surface area contributed by atoms with Gasteiger partial charge in [-0.3, -0.25) is 4.79 Å². The van der Waals surface area contributed by atoms with Crippen LogP contribution in [0.25, 0.3) is 5.82 Å². The third-order valence-corrected chi connectivity index (χ3v) is 5.01. The van der Waals surface area contributed by atoms with Gasteiger partial charge in [0.05, 0.1) is 11.8 Å². The van der Waals surface area contributed by atoms with Crippen molar-refractivity contribution in [3.8, 4) is 5.82 Å². The number of carboxylic acids is 1. The Morgan fingerprint density at radius 2 is 2.12 bits per heavy atom. The van der Waals surface area contributed by atoms with E-state index in [2.05, 4.69) is 20.6 Å². The molecule has 1 unspecified atom stereocenters. The molecule has 12 heteroatoms. The zero-order valence-corrected chi connectivity index (χ0v) is 13.8. The Morgan fingerprint density at radius 1 is 1.35 bits per heavy atom. The predicted octanol–water partition coefficient (Wildman–Crippen LogP) is 1.37. The summed E-state index contributed by atoms with van der Waals surface area (Å²) >= 11 is 1.41. The molecule has 26 heavy (non-hydrogen) atoms. The second-order valence-corrected chi connectivity index (χ2v) is 6.70. The fourth-order valence-electron chi connectivity index (χ4n) is 2.34. The van der Waals surface area contributed by atoms with Gasteiger partial charge in [0.25, 0.3) is 5.91 Å². The molecule has 1 amide bonds. The predicted molar refractivity (Wildman–Crippen MR) is 83.9 cm³/mol. The number of aliphatic carboxylic acids is 1. The SMILES string of the molecule is O=C(NC1(C(=O)O)CCSC1)c1cn(-c2ccc(C(F)(F)F)cn2)nn1. The van der Waals surface area contributed by atoms with Crippen molar-refractivity contribution in [3.63, 3.8) is 0 Å². The summed E-state index contributed by atoms with van der Waals surface area (Å²) in [5, 5.41) is 19.1. The maximum atomic E-state index is 12.5. The van der Waals surface area contributed by atoms with E-state index in [0.29, 0.717) is 11.9 Å². The fourth-order valence-corrected chi connectivity index (χ4v) is 3.66. The van der Waals surface area contributed by atoms with Crippen molar-refractivity contribution in [2.75, 3.05) is 11.5 Å². The standard InChI is InChI=1S/C14H12F3N5O3S/c15-14(16,17)8-1-2-10(18-5-8)22-6-9(20-21-22)11(23)19-13(12(24)25)3-4-26-7-13/h1-2,5-6H,3-4,7H2,(H,19,23)(H,24,25). The van der Waals surface area contributed by atoms with Crippen LogP contribution in [0.1, 0.15) is 22.5 Å². The molecule has 3 heterocycles. The molecule has 1 atom stereocenters. The Morgan fingerprint density at radius 3 is 2.65 bits per heavy atom. The van der Waals surface area contributed by atoms with Crippen molar-refractivity contribution >= 4 is 23.6 Å². The van der Waals surface area contributed by atoms with Gasteiger partial charge in [-0.25, -0.2) is 14.5 Å². The van der Waals surface area contributed by atoms with Crippen molar-refractivity contribution in [1.29, 1.82) is 0 Å². The lowest BCUT2D eigenvalue weighted by Crippen LogP contribution is -2.54. The van der Waals surface area contributed by atoms with Crippen LogP contribution in [0.2, 0.25) is 0 Å². The molecule has 0 radical (unpaired) electrons. The Kier molecular flexibility index (Phi) is 4.61. The summed E-state index contributed by atoms with van der Waals surface area (Å²) in [6, 6.07) is 1.92. The van der Waals surface area contributed by atoms with E-state index in [4.69, 9.17) is 0 Å². The molecule has 2 N–H and O–H groups in total. The van der Waals surface area contributed by atoms with Gasteiger partial charge in [-0.05, 0) is 24.3 Å². The summed E-state index contributed by atoms with van der Waals surface area (Å²) in [4.78, 5) is 27.4. The molecule has 3 rings (SSSR count). The molecule has 2 aromatic heterocycles. The molecule has 8 nitrogen and oxygen atoms in total. The monoisotopic (exact) mass is 387 g/mol. The van der Waals surface area contributed by atoms with Crippen LogP contribution in [0, 0.1) is 0 Å². The number of hydrogen-bond donors (Lipinski definition) is 2. The van der Waals surface area contributed by atoms with E-state index in [0.717, 1.165) is 16.8 Å². The van der Waals surface area contributed by atoms with Crippen LogP contribution in [-0.2, 0) is 11.0 Å². The van der Waals surface area contributed by atoms with Gasteiger partial charge < -0.3 is 10.4 Å². The second kappa shape index (κ2) is 6.59. The van der Waals surface area contributed by atoms with Gasteiger partial charge in [0.1, 0.15) is 5.54 Å². The summed E-state index contributed by atoms with van der Waals surface area (Å²) in [6.07, 6.45) is -2.41. The lowest BCUT2D eigenvalue weighted by molar-refractivity contribution is -0.143. The molecule has 0 saturated carbocycles. The molecule has 0 spiro atoms. The number of amides is 1. The highest BCUT2D eigenvalue weighted by molar-refractivity contribution is 7.99. The highest BCUT2D eigenvalue weighted by Crippen LogP contribution is 2.29. The van der Waals surface area contributed by atoms with Gasteiger partial charge in [0.15, 0.2) is 11.5 Å². The molecule has 1 saturated heterocycles. The van der Waals surface area contributed by atoms with E-state index >= 15 is 0 Å². The average Bonchev–Trinajstić information content (AvgIpc) is 3.24. The number of rotatable bonds is 4. The first-order chi connectivity index (χ1) is 12.2. The van der Waals surface area contributed by atoms with Crippen LogP contribution in [0.3, 0.4) is 0 Å². The van der Waals surface area contributed by atoms with Crippen molar-refractivity contribution in [3.05, 3.63) is 35.8 Å². The topological polar surface area (TPSA) is 110 Å². The molecule has 1 aliphatic heterocycles. The maximum absolute atomic E-state index is 12.5. The normalized spacial score (nSPS) is 20.1. The van der Waals surface area contributed by atoms with E-state index < -0.39 is 29.2 Å². The van der Waals surface area contributed by atoms with Gasteiger partial charge in [-0.2, -0.15) is 24.9 Å². The number of pyridine rings is 1. The van der Waals surface area contributed by atoms with Crippen LogP contribution < -0.4 is 5.32 Å². The highest BCUT2D eigenvalue weighted by atomic mass is 32.2. The Hall–Kier alpha value is -2.63. The molecule has 0 aliphatic carbocycles. The zero-order valence-electron chi connectivity index (χ0n) is 13.0. The largest absolute Gasteiger partial charge is 0.479 e. The Bertz CT molecular complexity index is 831. The molecular weight excluding hydrogens is 375 g/mol. The van der Waals surface area contributed by atoms with Crippen molar-refractivity contribution in [1.82, 2.24) is 25.3 Å². The van der Waals surface area contributed by atoms with Gasteiger partial charge in [-0.1, -0.05) is 5.21 Å². The minimum absolute atomic E-state index is 0.0360. The number of aromatic nitrogens is 4. The first-order valence-corrected chi connectivity index (χ1v) is 8.46. The average molecular weight is 387 g/mol. The van der Waals surface area contributed by atoms with Crippen LogP contribution in [0.4, 0.5) is 13.2 Å². The molecule has 138 valence electrons. The summed E-state index contributed by atoms with van der Waals surface area (Å²) in [7, 11) is 0. The number of halogens is 3. The molecular formula is C14H12F3N5O3S. The third kappa shape index (κ3) is 3.49. The van der Waals surface area contributed by atoms with E-state index in [1.54, 1.807) is 0 Å². The zero-order chi connectivity index (χ0) is 18.9. The molecule has 2 aromatic rings. The van der Waals surface area contributed by atoms with Crippen molar-refractivity contribution in [2.45, 2.75) is 18.1 Å². The summed E-state index contributed by atoms with van der Waals surface area (Å²) in [5.41, 5.74) is -2.44. The number of alkyl halides is 3. The number of hydrogen-bond acceptors (Lipinski definition) is 6. The van der Waals surface area contributed by atoms with Crippen LogP contribution in [0.15, 0.2) is 24.5 Å². The van der Waals surface area contributed by atoms with Crippen LogP contribution in [-0.4, -0.2) is 54.0 Å². The van der Waals surface area contributed by atoms with E-state index in [1.165, 1.54) is 18.0 Å². The van der Waals surface area contributed by atoms with E-state index in [-0.39, 0.29) is 23.7 Å². The number of carbonyl (C=O) groups excluding carboxylic acids is 1. The number of carboxylic acid groups (broad SMARTS) is 1. The summed E-state index contributed by atoms with van der Waals surface area (Å²) < 4.78 is 38.7. The molecule has 1 aliphatic rings.